The Hall–Kier alpha value is -8.66. The zero-order valence-corrected chi connectivity index (χ0v) is 40.4. The van der Waals surface area contributed by atoms with Crippen LogP contribution in [0.2, 0.25) is 0 Å². The van der Waals surface area contributed by atoms with Crippen LogP contribution in [0.1, 0.15) is 74.9 Å². The Balaban J connectivity index is 0.958. The van der Waals surface area contributed by atoms with Gasteiger partial charge in [0.15, 0.2) is 6.17 Å². The van der Waals surface area contributed by atoms with Gasteiger partial charge in [-0.1, -0.05) is 213 Å². The third kappa shape index (κ3) is 5.34. The molecular weight excluding hydrogens is 883 g/mol. The fourth-order valence-corrected chi connectivity index (χ4v) is 14.8. The Kier molecular flexibility index (Phi) is 8.53. The standard InChI is InChI=1S/C70H49N3/c1-2-19-45-39-55-46-22-5-6-23-47(46)56(40-63(55)69(45)58-31-14-9-25-49(58)50-26-10-15-32-59(50)69)67-71-66(44-37-36-42-20-3-4-21-43(42)38-44)72-68(73-67)57-41-64-65(53-29-8-7-24-48(53)57)54-30-13-18-35-62(54)70(64)60-33-16-11-27-51(60)52-28-12-17-34-61(52)70/h2-11,13-20,22-27,29-38,40-41,43,66H,1,12,21,28,39H2,(H,71,72,73). The van der Waals surface area contributed by atoms with Crippen molar-refractivity contribution in [2.45, 2.75) is 42.7 Å². The summed E-state index contributed by atoms with van der Waals surface area (Å²) in [7, 11) is 0. The van der Waals surface area contributed by atoms with Crippen LogP contribution in [0.25, 0.3) is 49.4 Å². The molecule has 1 N–H and O–H groups in total. The van der Waals surface area contributed by atoms with E-state index in [2.05, 4.69) is 224 Å². The van der Waals surface area contributed by atoms with Crippen molar-refractivity contribution in [3.63, 3.8) is 0 Å². The topological polar surface area (TPSA) is 36.8 Å². The van der Waals surface area contributed by atoms with Crippen molar-refractivity contribution in [2.24, 2.45) is 15.9 Å². The first-order valence-electron chi connectivity index (χ1n) is 26.1. The van der Waals surface area contributed by atoms with Crippen molar-refractivity contribution in [3.05, 3.63) is 303 Å². The maximum absolute atomic E-state index is 5.79. The van der Waals surface area contributed by atoms with Crippen molar-refractivity contribution in [3.8, 4) is 22.3 Å². The first-order chi connectivity index (χ1) is 36.2. The average Bonchev–Trinajstić information content (AvgIpc) is 4.16. The molecular formula is C70H49N3. The smallest absolute Gasteiger partial charge is 0.169 e. The molecule has 16 rings (SSSR count). The normalized spacial score (nSPS) is 22.2. The molecule has 0 fully saturated rings. The van der Waals surface area contributed by atoms with Crippen LogP contribution in [-0.4, -0.2) is 17.8 Å². The molecule has 73 heavy (non-hydrogen) atoms. The first-order valence-corrected chi connectivity index (χ1v) is 26.1. The summed E-state index contributed by atoms with van der Waals surface area (Å²) in [5, 5.41) is 8.92. The van der Waals surface area contributed by atoms with E-state index in [0.29, 0.717) is 0 Å². The van der Waals surface area contributed by atoms with E-state index in [4.69, 9.17) is 9.98 Å². The largest absolute Gasteiger partial charge is 0.324 e. The quantitative estimate of drug-likeness (QED) is 0.188. The molecule has 0 aromatic heterocycles. The van der Waals surface area contributed by atoms with Gasteiger partial charge in [-0.15, -0.1) is 0 Å². The molecule has 1 heterocycles. The van der Waals surface area contributed by atoms with Crippen LogP contribution in [0, 0.1) is 5.92 Å². The molecule has 0 saturated carbocycles. The van der Waals surface area contributed by atoms with Gasteiger partial charge in [-0.25, -0.2) is 9.98 Å². The number of hydrogen-bond donors (Lipinski definition) is 1. The minimum absolute atomic E-state index is 0.281. The predicted octanol–water partition coefficient (Wildman–Crippen LogP) is 15.5. The number of hydrogen-bond acceptors (Lipinski definition) is 3. The Morgan fingerprint density at radius 2 is 1.11 bits per heavy atom. The minimum atomic E-state index is -0.495. The summed E-state index contributed by atoms with van der Waals surface area (Å²) in [6.45, 7) is 4.29. The second-order valence-electron chi connectivity index (χ2n) is 20.9. The summed E-state index contributed by atoms with van der Waals surface area (Å²) < 4.78 is 0. The van der Waals surface area contributed by atoms with Gasteiger partial charge in [0.2, 0.25) is 0 Å². The van der Waals surface area contributed by atoms with Crippen LogP contribution < -0.4 is 5.32 Å². The van der Waals surface area contributed by atoms with E-state index in [0.717, 1.165) is 54.1 Å². The van der Waals surface area contributed by atoms with Crippen molar-refractivity contribution in [2.75, 3.05) is 0 Å². The summed E-state index contributed by atoms with van der Waals surface area (Å²) >= 11 is 0. The Labute approximate surface area is 425 Å². The van der Waals surface area contributed by atoms with Crippen molar-refractivity contribution in [1.82, 2.24) is 5.32 Å². The van der Waals surface area contributed by atoms with Gasteiger partial charge in [-0.2, -0.15) is 0 Å². The molecule has 3 atom stereocenters. The molecule has 0 saturated heterocycles. The lowest BCUT2D eigenvalue weighted by Gasteiger charge is -2.33. The summed E-state index contributed by atoms with van der Waals surface area (Å²) in [5.74, 6) is 1.95. The molecule has 8 aromatic carbocycles. The maximum atomic E-state index is 5.79. The predicted molar refractivity (Wildman–Crippen MR) is 301 cm³/mol. The van der Waals surface area contributed by atoms with E-state index in [9.17, 15) is 0 Å². The van der Waals surface area contributed by atoms with Gasteiger partial charge in [0.25, 0.3) is 0 Å². The highest BCUT2D eigenvalue weighted by Crippen LogP contribution is 2.65. The van der Waals surface area contributed by atoms with Gasteiger partial charge in [-0.3, -0.25) is 0 Å². The molecule has 7 aliphatic carbocycles. The minimum Gasteiger partial charge on any atom is -0.324 e. The van der Waals surface area contributed by atoms with E-state index in [-0.39, 0.29) is 5.92 Å². The Morgan fingerprint density at radius 1 is 0.534 bits per heavy atom. The lowest BCUT2D eigenvalue weighted by Crippen LogP contribution is -2.39. The van der Waals surface area contributed by atoms with E-state index in [1.165, 1.54) is 111 Å². The number of benzene rings is 8. The molecule has 344 valence electrons. The summed E-state index contributed by atoms with van der Waals surface area (Å²) in [5.41, 5.74) is 23.8. The number of allylic oxidation sites excluding steroid dienone is 13. The van der Waals surface area contributed by atoms with Gasteiger partial charge in [0.1, 0.15) is 11.7 Å². The van der Waals surface area contributed by atoms with Crippen molar-refractivity contribution >= 4 is 38.8 Å². The van der Waals surface area contributed by atoms with Crippen LogP contribution in [0.3, 0.4) is 0 Å². The molecule has 3 nitrogen and oxygen atoms in total. The molecule has 8 aliphatic rings. The highest BCUT2D eigenvalue weighted by Gasteiger charge is 2.54. The summed E-state index contributed by atoms with van der Waals surface area (Å²) in [4.78, 5) is 11.6. The monoisotopic (exact) mass is 931 g/mol. The van der Waals surface area contributed by atoms with E-state index < -0.39 is 17.0 Å². The highest BCUT2D eigenvalue weighted by atomic mass is 15.2. The third-order valence-electron chi connectivity index (χ3n) is 17.6. The van der Waals surface area contributed by atoms with E-state index in [1.54, 1.807) is 0 Å². The summed E-state index contributed by atoms with van der Waals surface area (Å²) in [6, 6.07) is 59.6. The number of nitrogens with zero attached hydrogens (tertiary/aromatic N) is 2. The third-order valence-corrected chi connectivity index (χ3v) is 17.6. The molecule has 3 unspecified atom stereocenters. The zero-order valence-electron chi connectivity index (χ0n) is 40.4. The van der Waals surface area contributed by atoms with Crippen LogP contribution in [-0.2, 0) is 17.3 Å². The van der Waals surface area contributed by atoms with Crippen molar-refractivity contribution < 1.29 is 0 Å². The maximum Gasteiger partial charge on any atom is 0.169 e. The van der Waals surface area contributed by atoms with E-state index >= 15 is 0 Å². The van der Waals surface area contributed by atoms with Crippen LogP contribution in [0.4, 0.5) is 0 Å². The van der Waals surface area contributed by atoms with Crippen LogP contribution >= 0.6 is 0 Å². The molecule has 0 bridgehead atoms. The number of rotatable bonds is 4. The van der Waals surface area contributed by atoms with Crippen LogP contribution in [0.15, 0.2) is 257 Å². The van der Waals surface area contributed by atoms with Gasteiger partial charge >= 0.3 is 0 Å². The van der Waals surface area contributed by atoms with Crippen LogP contribution in [0.5, 0.6) is 0 Å². The second kappa shape index (κ2) is 15.2. The number of nitrogens with one attached hydrogen (secondary N) is 1. The molecule has 8 aromatic rings. The SMILES string of the molecule is C=CC=C1Cc2c(cc(C3=NC(C4=CC5CC=CC=C5C=C4)N=C(c4cc5c(c6ccccc46)-c4ccccc4C54C5=C(CCC=C5)c5ccccc54)N3)c3ccccc23)C12c1ccccc1-c1ccccc12. The fraction of sp³-hybridized carbons (Fsp3) is 0.114. The van der Waals surface area contributed by atoms with Crippen molar-refractivity contribution in [1.29, 1.82) is 0 Å². The van der Waals surface area contributed by atoms with Gasteiger partial charge in [-0.05, 0) is 154 Å². The molecule has 0 radical (unpaired) electrons. The Bertz CT molecular complexity index is 4110. The number of amidine groups is 2. The lowest BCUT2D eigenvalue weighted by molar-refractivity contribution is 0.736. The number of fused-ring (bicyclic) bond motifs is 21. The number of aliphatic imine (C=N–C) groups is 2. The molecule has 3 heteroatoms. The average molecular weight is 932 g/mol. The van der Waals surface area contributed by atoms with Gasteiger partial charge < -0.3 is 5.32 Å². The van der Waals surface area contributed by atoms with Gasteiger partial charge in [0.05, 0.1) is 10.8 Å². The molecule has 0 amide bonds. The van der Waals surface area contributed by atoms with Gasteiger partial charge in [0, 0.05) is 17.0 Å². The van der Waals surface area contributed by atoms with E-state index in [1.807, 2.05) is 6.08 Å². The first kappa shape index (κ1) is 41.0. The molecule has 1 aliphatic heterocycles. The fourth-order valence-electron chi connectivity index (χ4n) is 14.8. The summed E-state index contributed by atoms with van der Waals surface area (Å²) in [6.07, 6.45) is 26.2. The molecule has 2 spiro atoms. The second-order valence-corrected chi connectivity index (χ2v) is 20.9. The lowest BCUT2D eigenvalue weighted by atomic mass is 9.68. The zero-order chi connectivity index (χ0) is 48.0. The Morgan fingerprint density at radius 3 is 1.82 bits per heavy atom. The highest BCUT2D eigenvalue weighted by molar-refractivity contribution is 6.25.